The molecule has 2 fully saturated rings. The molecule has 2 aliphatic rings. The number of benzene rings is 1. The number of rotatable bonds is 3. The van der Waals surface area contributed by atoms with Crippen LogP contribution in [0.3, 0.4) is 0 Å². The van der Waals surface area contributed by atoms with Crippen LogP contribution in [0.4, 0.5) is 0 Å². The fourth-order valence-corrected chi connectivity index (χ4v) is 3.97. The van der Waals surface area contributed by atoms with Gasteiger partial charge in [-0.3, -0.25) is 9.69 Å². The topological polar surface area (TPSA) is 102 Å². The molecule has 3 atom stereocenters. The normalized spacial score (nSPS) is 27.7. The van der Waals surface area contributed by atoms with Crippen LogP contribution in [0.15, 0.2) is 23.1 Å². The number of amides is 1. The molecule has 3 rings (SSSR count). The zero-order valence-electron chi connectivity index (χ0n) is 13.9. The number of hydrogen-bond acceptors (Lipinski definition) is 5. The second-order valence-electron chi connectivity index (χ2n) is 6.68. The maximum absolute atomic E-state index is 12.6. The average Bonchev–Trinajstić information content (AvgIpc) is 2.87. The molecule has 0 saturated carbocycles. The van der Waals surface area contributed by atoms with Gasteiger partial charge in [0.2, 0.25) is 10.0 Å². The lowest BCUT2D eigenvalue weighted by molar-refractivity contribution is -0.0390. The van der Waals surface area contributed by atoms with Crippen LogP contribution < -0.4 is 10.5 Å². The van der Waals surface area contributed by atoms with Crippen molar-refractivity contribution in [3.63, 3.8) is 0 Å². The molecule has 2 heterocycles. The van der Waals surface area contributed by atoms with Crippen molar-refractivity contribution in [1.82, 2.24) is 10.2 Å². The molecule has 0 unspecified atom stereocenters. The number of nitrogens with two attached hydrogens (primary N) is 1. The summed E-state index contributed by atoms with van der Waals surface area (Å²) in [5.41, 5.74) is 1.06. The number of nitrogens with zero attached hydrogens (tertiary/aromatic N) is 1. The van der Waals surface area contributed by atoms with Crippen molar-refractivity contribution >= 4 is 15.9 Å². The predicted octanol–water partition coefficient (Wildman–Crippen LogP) is 0.234. The van der Waals surface area contributed by atoms with Gasteiger partial charge in [-0.15, -0.1) is 0 Å². The van der Waals surface area contributed by atoms with Crippen LogP contribution in [0.25, 0.3) is 0 Å². The minimum absolute atomic E-state index is 0.0361. The van der Waals surface area contributed by atoms with Crippen molar-refractivity contribution in [3.8, 4) is 0 Å². The largest absolute Gasteiger partial charge is 0.376 e. The van der Waals surface area contributed by atoms with Gasteiger partial charge in [-0.1, -0.05) is 6.07 Å². The zero-order valence-corrected chi connectivity index (χ0v) is 14.7. The molecular weight excluding hydrogens is 330 g/mol. The number of sulfonamides is 1. The molecule has 7 nitrogen and oxygen atoms in total. The number of fused-ring (bicyclic) bond motifs is 1. The summed E-state index contributed by atoms with van der Waals surface area (Å²) in [6, 6.07) is 4.73. The minimum Gasteiger partial charge on any atom is -0.376 e. The van der Waals surface area contributed by atoms with E-state index >= 15 is 0 Å². The first-order valence-corrected chi connectivity index (χ1v) is 9.58. The first-order chi connectivity index (χ1) is 11.2. The van der Waals surface area contributed by atoms with Crippen LogP contribution in [0.2, 0.25) is 0 Å². The van der Waals surface area contributed by atoms with Gasteiger partial charge < -0.3 is 10.1 Å². The van der Waals surface area contributed by atoms with E-state index in [1.807, 2.05) is 6.92 Å². The maximum Gasteiger partial charge on any atom is 0.251 e. The summed E-state index contributed by atoms with van der Waals surface area (Å²) in [5.74, 6) is -0.267. The number of nitrogens with one attached hydrogen (secondary N) is 1. The fourth-order valence-electron chi connectivity index (χ4n) is 3.43. The number of aryl methyl sites for hydroxylation is 1. The Morgan fingerprint density at radius 2 is 2.12 bits per heavy atom. The van der Waals surface area contributed by atoms with Crippen molar-refractivity contribution in [3.05, 3.63) is 29.3 Å². The highest BCUT2D eigenvalue weighted by molar-refractivity contribution is 7.89. The van der Waals surface area contributed by atoms with E-state index in [9.17, 15) is 13.2 Å². The summed E-state index contributed by atoms with van der Waals surface area (Å²) in [5, 5.41) is 8.17. The molecule has 132 valence electrons. The van der Waals surface area contributed by atoms with Gasteiger partial charge in [0.1, 0.15) is 0 Å². The van der Waals surface area contributed by atoms with Gasteiger partial charge in [0.25, 0.3) is 5.91 Å². The number of carbonyl (C=O) groups is 1. The highest BCUT2D eigenvalue weighted by atomic mass is 32.2. The second kappa shape index (κ2) is 6.44. The first-order valence-electron chi connectivity index (χ1n) is 8.04. The Hall–Kier alpha value is -1.48. The highest BCUT2D eigenvalue weighted by Gasteiger charge is 2.36. The molecule has 24 heavy (non-hydrogen) atoms. The van der Waals surface area contributed by atoms with Gasteiger partial charge in [0.15, 0.2) is 0 Å². The lowest BCUT2D eigenvalue weighted by atomic mass is 10.1. The Morgan fingerprint density at radius 1 is 1.38 bits per heavy atom. The van der Waals surface area contributed by atoms with E-state index in [0.717, 1.165) is 19.5 Å². The van der Waals surface area contributed by atoms with Crippen molar-refractivity contribution < 1.29 is 17.9 Å². The Bertz CT molecular complexity index is 750. The van der Waals surface area contributed by atoms with E-state index in [1.165, 1.54) is 12.1 Å². The van der Waals surface area contributed by atoms with Crippen molar-refractivity contribution in [2.45, 2.75) is 43.4 Å². The Balaban J connectivity index is 1.72. The summed E-state index contributed by atoms with van der Waals surface area (Å²) in [7, 11) is -3.83. The lowest BCUT2D eigenvalue weighted by Gasteiger charge is -2.33. The van der Waals surface area contributed by atoms with Crippen LogP contribution in [0.5, 0.6) is 0 Å². The zero-order chi connectivity index (χ0) is 17.5. The van der Waals surface area contributed by atoms with Crippen LogP contribution in [-0.2, 0) is 14.8 Å². The molecule has 1 aromatic rings. The quantitative estimate of drug-likeness (QED) is 0.810. The first kappa shape index (κ1) is 17.3. The third-order valence-electron chi connectivity index (χ3n) is 4.71. The van der Waals surface area contributed by atoms with E-state index in [4.69, 9.17) is 9.88 Å². The van der Waals surface area contributed by atoms with Gasteiger partial charge in [-0.05, 0) is 38.0 Å². The number of ether oxygens (including phenoxy) is 1. The smallest absolute Gasteiger partial charge is 0.251 e. The summed E-state index contributed by atoms with van der Waals surface area (Å²) >= 11 is 0. The van der Waals surface area contributed by atoms with Crippen LogP contribution >= 0.6 is 0 Å². The molecule has 1 aromatic carbocycles. The monoisotopic (exact) mass is 353 g/mol. The third-order valence-corrected chi connectivity index (χ3v) is 5.62. The molecule has 1 amide bonds. The van der Waals surface area contributed by atoms with Gasteiger partial charge in [-0.2, -0.15) is 0 Å². The Kier molecular flexibility index (Phi) is 4.65. The van der Waals surface area contributed by atoms with Crippen molar-refractivity contribution in [2.24, 2.45) is 5.14 Å². The van der Waals surface area contributed by atoms with Crippen molar-refractivity contribution in [1.29, 1.82) is 0 Å². The molecular formula is C16H23N3O4S. The molecule has 8 heteroatoms. The lowest BCUT2D eigenvalue weighted by Crippen LogP contribution is -2.45. The number of morpholine rings is 1. The van der Waals surface area contributed by atoms with Crippen LogP contribution in [0, 0.1) is 6.92 Å². The third kappa shape index (κ3) is 3.61. The van der Waals surface area contributed by atoms with E-state index in [-0.39, 0.29) is 22.9 Å². The second-order valence-corrected chi connectivity index (χ2v) is 8.24. The predicted molar refractivity (Wildman–Crippen MR) is 89.2 cm³/mol. The summed E-state index contributed by atoms with van der Waals surface area (Å²) in [6.45, 7) is 6.17. The highest BCUT2D eigenvalue weighted by Crippen LogP contribution is 2.24. The molecule has 2 saturated heterocycles. The van der Waals surface area contributed by atoms with Gasteiger partial charge in [0, 0.05) is 30.7 Å². The fraction of sp³-hybridized carbons (Fsp3) is 0.562. The molecule has 2 aliphatic heterocycles. The van der Waals surface area contributed by atoms with Gasteiger partial charge >= 0.3 is 0 Å². The molecule has 0 bridgehead atoms. The molecule has 3 N–H and O–H groups in total. The summed E-state index contributed by atoms with van der Waals surface area (Å²) < 4.78 is 28.6. The molecule has 0 aromatic heterocycles. The Morgan fingerprint density at radius 3 is 2.83 bits per heavy atom. The number of carbonyl (C=O) groups excluding carboxylic acids is 1. The van der Waals surface area contributed by atoms with E-state index < -0.39 is 10.0 Å². The Labute approximate surface area is 142 Å². The van der Waals surface area contributed by atoms with Gasteiger partial charge in [0.05, 0.1) is 17.6 Å². The molecule has 0 aliphatic carbocycles. The standard InChI is InChI=1S/C16H23N3O4S/c1-10-3-4-14(24(17,21)22)6-15(10)16(20)18-12-5-13-9-23-11(2)7-19(13)8-12/h3-4,6,11-13H,5,7-9H2,1-2H3,(H,18,20)(H2,17,21,22)/t11-,12-,13-/m0/s1. The van der Waals surface area contributed by atoms with E-state index in [0.29, 0.717) is 23.8 Å². The number of primary sulfonamides is 1. The number of hydrogen-bond donors (Lipinski definition) is 2. The molecule has 0 spiro atoms. The summed E-state index contributed by atoms with van der Waals surface area (Å²) in [6.07, 6.45) is 1.05. The van der Waals surface area contributed by atoms with E-state index in [2.05, 4.69) is 10.2 Å². The molecule has 0 radical (unpaired) electrons. The van der Waals surface area contributed by atoms with Gasteiger partial charge in [-0.25, -0.2) is 13.6 Å². The van der Waals surface area contributed by atoms with Crippen LogP contribution in [-0.4, -0.2) is 57.1 Å². The van der Waals surface area contributed by atoms with E-state index in [1.54, 1.807) is 13.0 Å². The summed E-state index contributed by atoms with van der Waals surface area (Å²) in [4.78, 5) is 14.9. The SMILES string of the molecule is Cc1ccc(S(N)(=O)=O)cc1C(=O)N[C@H]1C[C@H]2CO[C@@H](C)CN2C1. The minimum atomic E-state index is -3.83. The van der Waals surface area contributed by atoms with Crippen molar-refractivity contribution in [2.75, 3.05) is 19.7 Å². The van der Waals surface area contributed by atoms with Crippen LogP contribution in [0.1, 0.15) is 29.3 Å². The average molecular weight is 353 g/mol. The maximum atomic E-state index is 12.6.